The third-order valence-electron chi connectivity index (χ3n) is 5.89. The Kier molecular flexibility index (Phi) is 20.0. The van der Waals surface area contributed by atoms with Gasteiger partial charge in [0.2, 0.25) is 0 Å². The Balaban J connectivity index is 5.42. The van der Waals surface area contributed by atoms with E-state index >= 15 is 0 Å². The smallest absolute Gasteiger partial charge is 0.335 e. The molecular weight excluding hydrogens is 420 g/mol. The van der Waals surface area contributed by atoms with E-state index in [-0.39, 0.29) is 26.2 Å². The molecule has 6 nitrogen and oxygen atoms in total. The predicted molar refractivity (Wildman–Crippen MR) is 132 cm³/mol. The van der Waals surface area contributed by atoms with Crippen molar-refractivity contribution < 1.29 is 28.6 Å². The summed E-state index contributed by atoms with van der Waals surface area (Å²) in [7, 11) is 0. The van der Waals surface area contributed by atoms with Crippen LogP contribution in [0, 0.1) is 5.41 Å². The van der Waals surface area contributed by atoms with Crippen molar-refractivity contribution in [2.24, 2.45) is 5.41 Å². The van der Waals surface area contributed by atoms with E-state index in [1.54, 1.807) is 0 Å². The summed E-state index contributed by atoms with van der Waals surface area (Å²) in [6.07, 6.45) is 13.7. The first-order chi connectivity index (χ1) is 16.0. The summed E-state index contributed by atoms with van der Waals surface area (Å²) >= 11 is 0. The Labute approximate surface area is 202 Å². The number of hydrogen-bond donors (Lipinski definition) is 0. The minimum atomic E-state index is -2.02. The van der Waals surface area contributed by atoms with Gasteiger partial charge in [0.05, 0.1) is 19.8 Å². The predicted octanol–water partition coefficient (Wildman–Crippen LogP) is 6.92. The van der Waals surface area contributed by atoms with Crippen molar-refractivity contribution in [3.05, 3.63) is 0 Å². The maximum atomic E-state index is 13.2. The second kappa shape index (κ2) is 21.0. The highest BCUT2D eigenvalue weighted by Gasteiger charge is 2.57. The van der Waals surface area contributed by atoms with Gasteiger partial charge in [-0.25, -0.2) is 0 Å². The summed E-state index contributed by atoms with van der Waals surface area (Å²) in [6.45, 7) is 8.95. The molecule has 0 aliphatic carbocycles. The van der Waals surface area contributed by atoms with Gasteiger partial charge in [-0.05, 0) is 25.7 Å². The Morgan fingerprint density at radius 1 is 0.455 bits per heavy atom. The van der Waals surface area contributed by atoms with Crippen LogP contribution in [0.25, 0.3) is 0 Å². The fourth-order valence-electron chi connectivity index (χ4n) is 3.65. The van der Waals surface area contributed by atoms with E-state index < -0.39 is 23.3 Å². The average molecular weight is 471 g/mol. The van der Waals surface area contributed by atoms with Gasteiger partial charge in [-0.2, -0.15) is 0 Å². The molecule has 6 heteroatoms. The van der Waals surface area contributed by atoms with Crippen LogP contribution in [-0.2, 0) is 28.6 Å². The third-order valence-corrected chi connectivity index (χ3v) is 5.89. The number of esters is 3. The van der Waals surface area contributed by atoms with Crippen molar-refractivity contribution in [1.82, 2.24) is 0 Å². The van der Waals surface area contributed by atoms with E-state index in [1.165, 1.54) is 0 Å². The molecule has 0 spiro atoms. The molecule has 0 saturated heterocycles. The topological polar surface area (TPSA) is 78.9 Å². The second-order valence-electron chi connectivity index (χ2n) is 8.95. The fraction of sp³-hybridized carbons (Fsp3) is 0.889. The van der Waals surface area contributed by atoms with Crippen LogP contribution in [0.3, 0.4) is 0 Å². The Bertz CT molecular complexity index is 452. The second-order valence-corrected chi connectivity index (χ2v) is 8.95. The van der Waals surface area contributed by atoms with E-state index in [1.807, 2.05) is 6.92 Å². The fourth-order valence-corrected chi connectivity index (χ4v) is 3.65. The highest BCUT2D eigenvalue weighted by molar-refractivity contribution is 6.17. The highest BCUT2D eigenvalue weighted by atomic mass is 16.6. The van der Waals surface area contributed by atoms with Crippen molar-refractivity contribution >= 4 is 17.9 Å². The van der Waals surface area contributed by atoms with Crippen LogP contribution in [0.2, 0.25) is 0 Å². The molecule has 0 heterocycles. The standard InChI is InChI=1S/C27H50O6/c1-5-9-13-17-21-31-24(28)27(20-16-12-8-4,25(29)32-22-18-14-10-6-2)26(30)33-23-19-15-11-7-3/h5-23H2,1-4H3. The molecule has 0 radical (unpaired) electrons. The van der Waals surface area contributed by atoms with Crippen LogP contribution in [0.4, 0.5) is 0 Å². The molecule has 0 N–H and O–H groups in total. The minimum Gasteiger partial charge on any atom is -0.464 e. The van der Waals surface area contributed by atoms with E-state index in [9.17, 15) is 14.4 Å². The van der Waals surface area contributed by atoms with Gasteiger partial charge in [0.25, 0.3) is 5.41 Å². The summed E-state index contributed by atoms with van der Waals surface area (Å²) in [5.41, 5.74) is -2.02. The number of unbranched alkanes of at least 4 members (excludes halogenated alkanes) is 11. The molecule has 0 fully saturated rings. The quantitative estimate of drug-likeness (QED) is 0.0739. The summed E-state index contributed by atoms with van der Waals surface area (Å²) in [5, 5.41) is 0. The molecule has 0 unspecified atom stereocenters. The van der Waals surface area contributed by atoms with Gasteiger partial charge in [0, 0.05) is 0 Å². The molecule has 0 amide bonds. The highest BCUT2D eigenvalue weighted by Crippen LogP contribution is 2.32. The van der Waals surface area contributed by atoms with Gasteiger partial charge in [0.1, 0.15) is 0 Å². The molecule has 33 heavy (non-hydrogen) atoms. The summed E-state index contributed by atoms with van der Waals surface area (Å²) < 4.78 is 16.4. The molecule has 0 atom stereocenters. The van der Waals surface area contributed by atoms with Gasteiger partial charge in [0.15, 0.2) is 0 Å². The van der Waals surface area contributed by atoms with Gasteiger partial charge >= 0.3 is 17.9 Å². The molecule has 194 valence electrons. The number of rotatable bonds is 22. The molecule has 0 rings (SSSR count). The van der Waals surface area contributed by atoms with Gasteiger partial charge in [-0.1, -0.05) is 105 Å². The maximum absolute atomic E-state index is 13.2. The zero-order chi connectivity index (χ0) is 24.8. The van der Waals surface area contributed by atoms with Crippen LogP contribution >= 0.6 is 0 Å². The number of carbonyl (C=O) groups is 3. The van der Waals surface area contributed by atoms with Crippen LogP contribution in [0.15, 0.2) is 0 Å². The van der Waals surface area contributed by atoms with Crippen molar-refractivity contribution in [2.45, 2.75) is 130 Å². The minimum absolute atomic E-state index is 0.0657. The zero-order valence-corrected chi connectivity index (χ0v) is 21.9. The van der Waals surface area contributed by atoms with Crippen molar-refractivity contribution in [1.29, 1.82) is 0 Å². The molecular formula is C27H50O6. The molecule has 0 aliphatic heterocycles. The van der Waals surface area contributed by atoms with E-state index in [0.717, 1.165) is 70.6 Å². The SMILES string of the molecule is CCCCCCOC(=O)C(CCCCC)(C(=O)OCCCCCC)C(=O)OCCCCCC. The first kappa shape index (κ1) is 31.4. The molecule has 0 aromatic rings. The van der Waals surface area contributed by atoms with Crippen molar-refractivity contribution in [2.75, 3.05) is 19.8 Å². The molecule has 0 saturated carbocycles. The lowest BCUT2D eigenvalue weighted by Gasteiger charge is -2.27. The largest absolute Gasteiger partial charge is 0.464 e. The van der Waals surface area contributed by atoms with E-state index in [4.69, 9.17) is 14.2 Å². The lowest BCUT2D eigenvalue weighted by Crippen LogP contribution is -2.49. The average Bonchev–Trinajstić information content (AvgIpc) is 2.81. The monoisotopic (exact) mass is 470 g/mol. The number of carbonyl (C=O) groups excluding carboxylic acids is 3. The first-order valence-electron chi connectivity index (χ1n) is 13.5. The van der Waals surface area contributed by atoms with Gasteiger partial charge in [-0.3, -0.25) is 14.4 Å². The number of ether oxygens (including phenoxy) is 3. The summed E-state index contributed by atoms with van der Waals surface area (Å²) in [6, 6.07) is 0. The van der Waals surface area contributed by atoms with Gasteiger partial charge < -0.3 is 14.2 Å². The van der Waals surface area contributed by atoms with Crippen molar-refractivity contribution in [3.8, 4) is 0 Å². The summed E-state index contributed by atoms with van der Waals surface area (Å²) in [5.74, 6) is -2.44. The molecule has 0 bridgehead atoms. The van der Waals surface area contributed by atoms with Crippen LogP contribution < -0.4 is 0 Å². The summed E-state index contributed by atoms with van der Waals surface area (Å²) in [4.78, 5) is 39.7. The normalized spacial score (nSPS) is 11.3. The Morgan fingerprint density at radius 3 is 1.06 bits per heavy atom. The van der Waals surface area contributed by atoms with Crippen LogP contribution in [-0.4, -0.2) is 37.7 Å². The Morgan fingerprint density at radius 2 is 0.758 bits per heavy atom. The lowest BCUT2D eigenvalue weighted by atomic mass is 9.82. The number of hydrogen-bond acceptors (Lipinski definition) is 6. The molecule has 0 aromatic carbocycles. The lowest BCUT2D eigenvalue weighted by molar-refractivity contribution is -0.185. The van der Waals surface area contributed by atoms with Crippen LogP contribution in [0.5, 0.6) is 0 Å². The molecule has 0 aliphatic rings. The van der Waals surface area contributed by atoms with E-state index in [2.05, 4.69) is 20.8 Å². The van der Waals surface area contributed by atoms with Crippen LogP contribution in [0.1, 0.15) is 130 Å². The van der Waals surface area contributed by atoms with E-state index in [0.29, 0.717) is 25.7 Å². The maximum Gasteiger partial charge on any atom is 0.335 e. The zero-order valence-electron chi connectivity index (χ0n) is 21.9. The first-order valence-corrected chi connectivity index (χ1v) is 13.5. The third kappa shape index (κ3) is 13.0. The van der Waals surface area contributed by atoms with Gasteiger partial charge in [-0.15, -0.1) is 0 Å². The Hall–Kier alpha value is -1.59. The molecule has 0 aromatic heterocycles. The van der Waals surface area contributed by atoms with Crippen molar-refractivity contribution in [3.63, 3.8) is 0 Å².